The maximum absolute atomic E-state index is 10.6. The minimum atomic E-state index is -5.08. The summed E-state index contributed by atoms with van der Waals surface area (Å²) in [5.41, 5.74) is 4.98. The van der Waals surface area contributed by atoms with Crippen LogP contribution in [0.5, 0.6) is 0 Å². The highest BCUT2D eigenvalue weighted by Crippen LogP contribution is 2.13. The summed E-state index contributed by atoms with van der Waals surface area (Å²) in [5.74, 6) is -2.89. The Kier molecular flexibility index (Phi) is 7.63. The van der Waals surface area contributed by atoms with Gasteiger partial charge in [0.05, 0.1) is 0 Å². The van der Waals surface area contributed by atoms with E-state index in [-0.39, 0.29) is 11.8 Å². The van der Waals surface area contributed by atoms with Crippen LogP contribution in [0.4, 0.5) is 13.2 Å². The van der Waals surface area contributed by atoms with Gasteiger partial charge >= 0.3 is 12.1 Å². The SMILES string of the molecule is CCCC(C)C(N)=O.O=C(O)C(F)(F)F. The van der Waals surface area contributed by atoms with E-state index in [2.05, 4.69) is 0 Å². The number of carboxylic acids is 1. The summed E-state index contributed by atoms with van der Waals surface area (Å²) in [5, 5.41) is 7.12. The number of aliphatic carboxylic acids is 1. The molecule has 7 heteroatoms. The number of amides is 1. The maximum atomic E-state index is 10.6. The largest absolute Gasteiger partial charge is 0.490 e. The van der Waals surface area contributed by atoms with Crippen molar-refractivity contribution in [2.24, 2.45) is 11.7 Å². The van der Waals surface area contributed by atoms with Crippen LogP contribution in [-0.4, -0.2) is 23.2 Å². The zero-order valence-corrected chi connectivity index (χ0v) is 8.47. The van der Waals surface area contributed by atoms with Gasteiger partial charge in [-0.05, 0) is 6.42 Å². The monoisotopic (exact) mass is 229 g/mol. The number of carbonyl (C=O) groups excluding carboxylic acids is 1. The van der Waals surface area contributed by atoms with Crippen molar-refractivity contribution >= 4 is 11.9 Å². The first-order chi connectivity index (χ1) is 6.62. The third-order valence-corrected chi connectivity index (χ3v) is 1.45. The van der Waals surface area contributed by atoms with Crippen LogP contribution < -0.4 is 5.73 Å². The normalized spacial score (nSPS) is 12.3. The van der Waals surface area contributed by atoms with Crippen LogP contribution in [0.15, 0.2) is 0 Å². The number of hydrogen-bond acceptors (Lipinski definition) is 2. The highest BCUT2D eigenvalue weighted by molar-refractivity contribution is 5.76. The van der Waals surface area contributed by atoms with Crippen LogP contribution in [0, 0.1) is 5.92 Å². The number of carbonyl (C=O) groups is 2. The molecule has 0 aliphatic rings. The Labute approximate surface area is 85.3 Å². The molecule has 0 saturated heterocycles. The molecular weight excluding hydrogens is 215 g/mol. The van der Waals surface area contributed by atoms with Crippen LogP contribution in [0.25, 0.3) is 0 Å². The molecule has 0 rings (SSSR count). The van der Waals surface area contributed by atoms with Gasteiger partial charge in [-0.15, -0.1) is 0 Å². The number of alkyl halides is 3. The molecule has 0 fully saturated rings. The molecule has 1 amide bonds. The number of hydrogen-bond donors (Lipinski definition) is 2. The average Bonchev–Trinajstić information content (AvgIpc) is 2.03. The molecule has 0 aliphatic heterocycles. The number of carboxylic acid groups (broad SMARTS) is 1. The number of nitrogens with two attached hydrogens (primary N) is 1. The van der Waals surface area contributed by atoms with Crippen molar-refractivity contribution in [1.29, 1.82) is 0 Å². The van der Waals surface area contributed by atoms with Crippen molar-refractivity contribution in [1.82, 2.24) is 0 Å². The van der Waals surface area contributed by atoms with E-state index in [0.29, 0.717) is 0 Å². The van der Waals surface area contributed by atoms with Gasteiger partial charge in [-0.1, -0.05) is 20.3 Å². The quantitative estimate of drug-likeness (QED) is 0.770. The Morgan fingerprint density at radius 1 is 1.40 bits per heavy atom. The fraction of sp³-hybridized carbons (Fsp3) is 0.750. The van der Waals surface area contributed by atoms with Crippen LogP contribution in [0.2, 0.25) is 0 Å². The van der Waals surface area contributed by atoms with E-state index >= 15 is 0 Å². The van der Waals surface area contributed by atoms with Crippen molar-refractivity contribution in [3.63, 3.8) is 0 Å². The summed E-state index contributed by atoms with van der Waals surface area (Å²) >= 11 is 0. The van der Waals surface area contributed by atoms with Gasteiger partial charge in [0.1, 0.15) is 0 Å². The second-order valence-electron chi connectivity index (χ2n) is 2.90. The number of halogens is 3. The van der Waals surface area contributed by atoms with E-state index < -0.39 is 12.1 Å². The second kappa shape index (κ2) is 7.08. The predicted octanol–water partition coefficient (Wildman–Crippen LogP) is 1.54. The van der Waals surface area contributed by atoms with Crippen molar-refractivity contribution in [3.05, 3.63) is 0 Å². The van der Waals surface area contributed by atoms with Gasteiger partial charge < -0.3 is 10.8 Å². The Morgan fingerprint density at radius 2 is 1.73 bits per heavy atom. The molecule has 0 spiro atoms. The molecule has 1 atom stereocenters. The Balaban J connectivity index is 0. The molecule has 0 radical (unpaired) electrons. The predicted molar refractivity (Wildman–Crippen MR) is 47.0 cm³/mol. The van der Waals surface area contributed by atoms with E-state index in [9.17, 15) is 18.0 Å². The minimum absolute atomic E-state index is 0.0556. The lowest BCUT2D eigenvalue weighted by Crippen LogP contribution is -2.21. The van der Waals surface area contributed by atoms with Gasteiger partial charge in [0.2, 0.25) is 5.91 Å². The summed E-state index contributed by atoms with van der Waals surface area (Å²) in [6, 6.07) is 0. The highest BCUT2D eigenvalue weighted by Gasteiger charge is 2.38. The second-order valence-corrected chi connectivity index (χ2v) is 2.90. The molecule has 0 aromatic carbocycles. The van der Waals surface area contributed by atoms with Crippen LogP contribution in [0.1, 0.15) is 26.7 Å². The molecule has 0 saturated carbocycles. The summed E-state index contributed by atoms with van der Waals surface area (Å²) in [6.45, 7) is 3.89. The van der Waals surface area contributed by atoms with Crippen molar-refractivity contribution in [3.8, 4) is 0 Å². The molecule has 0 heterocycles. The Morgan fingerprint density at radius 3 is 1.80 bits per heavy atom. The lowest BCUT2D eigenvalue weighted by molar-refractivity contribution is -0.192. The first-order valence-electron chi connectivity index (χ1n) is 4.22. The van der Waals surface area contributed by atoms with E-state index in [1.165, 1.54) is 0 Å². The first-order valence-corrected chi connectivity index (χ1v) is 4.22. The molecule has 90 valence electrons. The minimum Gasteiger partial charge on any atom is -0.475 e. The molecule has 0 aromatic heterocycles. The number of primary amides is 1. The maximum Gasteiger partial charge on any atom is 0.490 e. The third-order valence-electron chi connectivity index (χ3n) is 1.45. The van der Waals surface area contributed by atoms with Crippen molar-refractivity contribution in [2.75, 3.05) is 0 Å². The lowest BCUT2D eigenvalue weighted by atomic mass is 10.1. The standard InChI is InChI=1S/C6H13NO.C2HF3O2/c1-3-4-5(2)6(7)8;3-2(4,5)1(6)7/h5H,3-4H2,1-2H3,(H2,7,8);(H,6,7). The fourth-order valence-electron chi connectivity index (χ4n) is 0.575. The van der Waals surface area contributed by atoms with Crippen LogP contribution in [-0.2, 0) is 9.59 Å². The van der Waals surface area contributed by atoms with Gasteiger partial charge in [0, 0.05) is 5.92 Å². The Bertz CT molecular complexity index is 216. The van der Waals surface area contributed by atoms with Gasteiger partial charge in [-0.3, -0.25) is 4.79 Å². The molecule has 15 heavy (non-hydrogen) atoms. The lowest BCUT2D eigenvalue weighted by Gasteiger charge is -2.01. The van der Waals surface area contributed by atoms with E-state index in [4.69, 9.17) is 15.6 Å². The highest BCUT2D eigenvalue weighted by atomic mass is 19.4. The van der Waals surface area contributed by atoms with Gasteiger partial charge in [0.15, 0.2) is 0 Å². The number of rotatable bonds is 3. The summed E-state index contributed by atoms with van der Waals surface area (Å²) in [4.78, 5) is 19.2. The third kappa shape index (κ3) is 10.7. The summed E-state index contributed by atoms with van der Waals surface area (Å²) in [7, 11) is 0. The van der Waals surface area contributed by atoms with E-state index in [1.54, 1.807) is 0 Å². The fourth-order valence-corrected chi connectivity index (χ4v) is 0.575. The molecule has 1 unspecified atom stereocenters. The van der Waals surface area contributed by atoms with Gasteiger partial charge in [-0.2, -0.15) is 13.2 Å². The summed E-state index contributed by atoms with van der Waals surface area (Å²) in [6.07, 6.45) is -3.14. The Hall–Kier alpha value is -1.27. The van der Waals surface area contributed by atoms with Crippen LogP contribution in [0.3, 0.4) is 0 Å². The zero-order chi connectivity index (χ0) is 12.6. The average molecular weight is 229 g/mol. The topological polar surface area (TPSA) is 80.4 Å². The van der Waals surface area contributed by atoms with Crippen molar-refractivity contribution in [2.45, 2.75) is 32.9 Å². The smallest absolute Gasteiger partial charge is 0.475 e. The van der Waals surface area contributed by atoms with Gasteiger partial charge in [-0.25, -0.2) is 4.79 Å². The van der Waals surface area contributed by atoms with Crippen LogP contribution >= 0.6 is 0 Å². The molecule has 4 nitrogen and oxygen atoms in total. The van der Waals surface area contributed by atoms with E-state index in [1.807, 2.05) is 13.8 Å². The molecule has 3 N–H and O–H groups in total. The van der Waals surface area contributed by atoms with E-state index in [0.717, 1.165) is 12.8 Å². The molecule has 0 aromatic rings. The molecular formula is C8H14F3NO3. The summed E-state index contributed by atoms with van der Waals surface area (Å²) < 4.78 is 31.7. The molecule has 0 aliphatic carbocycles. The first kappa shape index (κ1) is 16.2. The van der Waals surface area contributed by atoms with Crippen molar-refractivity contribution < 1.29 is 27.9 Å². The zero-order valence-electron chi connectivity index (χ0n) is 8.47. The van der Waals surface area contributed by atoms with Gasteiger partial charge in [0.25, 0.3) is 0 Å². The molecule has 0 bridgehead atoms.